The summed E-state index contributed by atoms with van der Waals surface area (Å²) in [4.78, 5) is 22.5. The minimum Gasteiger partial charge on any atom is -0.309 e. The number of fused-ring (bicyclic) bond motifs is 1. The highest BCUT2D eigenvalue weighted by atomic mass is 35.5. The molecule has 0 fully saturated rings. The minimum absolute atomic E-state index is 0. The highest BCUT2D eigenvalue weighted by Gasteiger charge is 2.20. The summed E-state index contributed by atoms with van der Waals surface area (Å²) in [6, 6.07) is 12.0. The van der Waals surface area contributed by atoms with Crippen LogP contribution >= 0.6 is 47.1 Å². The number of amides is 1. The van der Waals surface area contributed by atoms with Crippen molar-refractivity contribution in [3.05, 3.63) is 53.3 Å². The number of thioether (sulfide) groups is 1. The number of halogens is 3. The van der Waals surface area contributed by atoms with Gasteiger partial charge >= 0.3 is 0 Å². The number of carbonyl (C=O) groups is 1. The van der Waals surface area contributed by atoms with Crippen LogP contribution in [0.3, 0.4) is 0 Å². The van der Waals surface area contributed by atoms with Gasteiger partial charge in [-0.3, -0.25) is 9.69 Å². The zero-order valence-electron chi connectivity index (χ0n) is 16.8. The van der Waals surface area contributed by atoms with Crippen molar-refractivity contribution in [2.45, 2.75) is 17.7 Å². The van der Waals surface area contributed by atoms with Gasteiger partial charge in [0.2, 0.25) is 5.91 Å². The van der Waals surface area contributed by atoms with Crippen molar-refractivity contribution in [1.29, 1.82) is 0 Å². The Bertz CT molecular complexity index is 967. The Morgan fingerprint density at radius 3 is 2.57 bits per heavy atom. The van der Waals surface area contributed by atoms with Crippen LogP contribution in [-0.4, -0.2) is 48.7 Å². The van der Waals surface area contributed by atoms with Crippen molar-refractivity contribution in [1.82, 2.24) is 9.88 Å². The van der Waals surface area contributed by atoms with E-state index in [0.29, 0.717) is 28.9 Å². The molecule has 0 aliphatic heterocycles. The average molecular weight is 488 g/mol. The molecule has 0 aliphatic rings. The normalized spacial score (nSPS) is 11.0. The van der Waals surface area contributed by atoms with Crippen molar-refractivity contribution in [2.75, 3.05) is 37.8 Å². The second-order valence-corrected chi connectivity index (χ2v) is 9.42. The molecule has 0 spiro atoms. The summed E-state index contributed by atoms with van der Waals surface area (Å²) in [5.41, 5.74) is 0.736. The Hall–Kier alpha value is -1.38. The molecule has 9 heteroatoms. The summed E-state index contributed by atoms with van der Waals surface area (Å²) in [5.74, 6) is 0.404. The van der Waals surface area contributed by atoms with Crippen molar-refractivity contribution >= 4 is 68.4 Å². The Labute approximate surface area is 195 Å². The molecule has 0 bridgehead atoms. The average Bonchev–Trinajstić information content (AvgIpc) is 3.12. The number of para-hydroxylation sites is 1. The maximum atomic E-state index is 13.0. The van der Waals surface area contributed by atoms with Gasteiger partial charge in [-0.1, -0.05) is 29.0 Å². The van der Waals surface area contributed by atoms with Crippen LogP contribution in [0.5, 0.6) is 0 Å². The molecule has 0 N–H and O–H groups in total. The van der Waals surface area contributed by atoms with Crippen LogP contribution in [0.4, 0.5) is 9.52 Å². The standard InChI is InChI=1S/C21H23ClFN3OS2.ClH/c1-25(2)12-4-13-26(21-24-20-17(22)5-3-6-18(20)29-21)19(27)11-14-28-16-9-7-15(23)8-10-16;/h3,5-10H,4,11-14H2,1-2H3;1H. The number of anilines is 1. The number of carbonyl (C=O) groups excluding carboxylic acids is 1. The molecule has 30 heavy (non-hydrogen) atoms. The van der Waals surface area contributed by atoms with Crippen molar-refractivity contribution in [3.63, 3.8) is 0 Å². The summed E-state index contributed by atoms with van der Waals surface area (Å²) < 4.78 is 14.0. The van der Waals surface area contributed by atoms with Gasteiger partial charge < -0.3 is 4.90 Å². The van der Waals surface area contributed by atoms with Gasteiger partial charge in [0.05, 0.1) is 9.72 Å². The molecule has 3 rings (SSSR count). The van der Waals surface area contributed by atoms with E-state index in [1.54, 1.807) is 28.8 Å². The van der Waals surface area contributed by atoms with E-state index in [0.717, 1.165) is 28.1 Å². The summed E-state index contributed by atoms with van der Waals surface area (Å²) >= 11 is 9.30. The van der Waals surface area contributed by atoms with E-state index in [9.17, 15) is 9.18 Å². The quantitative estimate of drug-likeness (QED) is 0.348. The lowest BCUT2D eigenvalue weighted by Crippen LogP contribution is -2.33. The third-order valence-electron chi connectivity index (χ3n) is 4.28. The van der Waals surface area contributed by atoms with Gasteiger partial charge in [0.25, 0.3) is 0 Å². The first kappa shape index (κ1) is 24.9. The molecule has 0 unspecified atom stereocenters. The fraction of sp³-hybridized carbons (Fsp3) is 0.333. The van der Waals surface area contributed by atoms with E-state index in [2.05, 4.69) is 9.88 Å². The van der Waals surface area contributed by atoms with Crippen LogP contribution < -0.4 is 4.90 Å². The Kier molecular flexibility index (Phi) is 9.84. The molecule has 1 aromatic heterocycles. The summed E-state index contributed by atoms with van der Waals surface area (Å²) in [6.07, 6.45) is 1.24. The van der Waals surface area contributed by atoms with Crippen LogP contribution in [0.15, 0.2) is 47.4 Å². The summed E-state index contributed by atoms with van der Waals surface area (Å²) in [5, 5.41) is 1.28. The second kappa shape index (κ2) is 11.9. The largest absolute Gasteiger partial charge is 0.309 e. The fourth-order valence-corrected chi connectivity index (χ4v) is 4.96. The lowest BCUT2D eigenvalue weighted by atomic mass is 10.3. The Balaban J connectivity index is 0.00000320. The van der Waals surface area contributed by atoms with Crippen molar-refractivity contribution < 1.29 is 9.18 Å². The predicted molar refractivity (Wildman–Crippen MR) is 129 cm³/mol. The third kappa shape index (κ3) is 6.82. The minimum atomic E-state index is -0.257. The first-order chi connectivity index (χ1) is 13.9. The molecule has 1 heterocycles. The van der Waals surface area contributed by atoms with Crippen LogP contribution in [0.25, 0.3) is 10.2 Å². The molecule has 0 aliphatic carbocycles. The van der Waals surface area contributed by atoms with E-state index in [4.69, 9.17) is 11.6 Å². The molecular formula is C21H24Cl2FN3OS2. The van der Waals surface area contributed by atoms with E-state index in [-0.39, 0.29) is 24.1 Å². The molecule has 4 nitrogen and oxygen atoms in total. The molecule has 0 atom stereocenters. The first-order valence-electron chi connectivity index (χ1n) is 9.32. The number of hydrogen-bond donors (Lipinski definition) is 0. The van der Waals surface area contributed by atoms with Gasteiger partial charge in [-0.2, -0.15) is 0 Å². The van der Waals surface area contributed by atoms with Crippen LogP contribution in [0.2, 0.25) is 5.02 Å². The summed E-state index contributed by atoms with van der Waals surface area (Å²) in [6.45, 7) is 1.50. The van der Waals surface area contributed by atoms with Gasteiger partial charge in [0, 0.05) is 23.6 Å². The first-order valence-corrected chi connectivity index (χ1v) is 11.5. The molecule has 0 saturated carbocycles. The monoisotopic (exact) mass is 487 g/mol. The van der Waals surface area contributed by atoms with E-state index >= 15 is 0 Å². The Morgan fingerprint density at radius 2 is 1.90 bits per heavy atom. The van der Waals surface area contributed by atoms with E-state index in [1.807, 2.05) is 32.3 Å². The van der Waals surface area contributed by atoms with Crippen LogP contribution in [-0.2, 0) is 4.79 Å². The third-order valence-corrected chi connectivity index (χ3v) is 6.64. The van der Waals surface area contributed by atoms with Gasteiger partial charge in [-0.15, -0.1) is 24.2 Å². The van der Waals surface area contributed by atoms with E-state index in [1.165, 1.54) is 23.5 Å². The maximum absolute atomic E-state index is 13.0. The number of rotatable bonds is 9. The molecule has 1 amide bonds. The van der Waals surface area contributed by atoms with E-state index < -0.39 is 0 Å². The topological polar surface area (TPSA) is 36.4 Å². The lowest BCUT2D eigenvalue weighted by molar-refractivity contribution is -0.118. The summed E-state index contributed by atoms with van der Waals surface area (Å²) in [7, 11) is 4.03. The van der Waals surface area contributed by atoms with Crippen LogP contribution in [0.1, 0.15) is 12.8 Å². The smallest absolute Gasteiger partial charge is 0.229 e. The highest BCUT2D eigenvalue weighted by Crippen LogP contribution is 2.33. The van der Waals surface area contributed by atoms with Crippen molar-refractivity contribution in [2.24, 2.45) is 0 Å². The van der Waals surface area contributed by atoms with Crippen LogP contribution in [0, 0.1) is 5.82 Å². The molecule has 3 aromatic rings. The van der Waals surface area contributed by atoms with Crippen molar-refractivity contribution in [3.8, 4) is 0 Å². The highest BCUT2D eigenvalue weighted by molar-refractivity contribution is 7.99. The van der Waals surface area contributed by atoms with Gasteiger partial charge in [0.15, 0.2) is 5.13 Å². The van der Waals surface area contributed by atoms with Gasteiger partial charge in [-0.05, 0) is 63.5 Å². The molecule has 2 aromatic carbocycles. The molecular weight excluding hydrogens is 464 g/mol. The SMILES string of the molecule is CN(C)CCCN(C(=O)CCSc1ccc(F)cc1)c1nc2c(Cl)cccc2s1.Cl. The zero-order chi connectivity index (χ0) is 20.8. The predicted octanol–water partition coefficient (Wildman–Crippen LogP) is 5.98. The fourth-order valence-electron chi connectivity index (χ4n) is 2.81. The Morgan fingerprint density at radius 1 is 1.17 bits per heavy atom. The molecule has 162 valence electrons. The number of thiazole rings is 1. The molecule has 0 radical (unpaired) electrons. The molecule has 0 saturated heterocycles. The maximum Gasteiger partial charge on any atom is 0.229 e. The number of aromatic nitrogens is 1. The zero-order valence-corrected chi connectivity index (χ0v) is 20.0. The number of benzene rings is 2. The lowest BCUT2D eigenvalue weighted by Gasteiger charge is -2.21. The van der Waals surface area contributed by atoms with Gasteiger partial charge in [-0.25, -0.2) is 9.37 Å². The number of nitrogens with zero attached hydrogens (tertiary/aromatic N) is 3. The second-order valence-electron chi connectivity index (χ2n) is 6.84. The number of hydrogen-bond acceptors (Lipinski definition) is 5. The van der Waals surface area contributed by atoms with Gasteiger partial charge in [0.1, 0.15) is 11.3 Å².